The number of aromatic nitrogens is 2. The van der Waals surface area contributed by atoms with E-state index in [9.17, 15) is 0 Å². The van der Waals surface area contributed by atoms with Crippen LogP contribution in [-0.2, 0) is 6.54 Å². The number of hydrogen-bond donors (Lipinski definition) is 1. The van der Waals surface area contributed by atoms with E-state index >= 15 is 0 Å². The lowest BCUT2D eigenvalue weighted by molar-refractivity contribution is 1.07. The van der Waals surface area contributed by atoms with Crippen LogP contribution in [0.25, 0.3) is 22.2 Å². The maximum absolute atomic E-state index is 6.19. The lowest BCUT2D eigenvalue weighted by Gasteiger charge is -2.11. The number of halogens is 1. The number of rotatable bonds is 4. The molecule has 0 aliphatic carbocycles. The Morgan fingerprint density at radius 2 is 1.52 bits per heavy atom. The zero-order chi connectivity index (χ0) is 17.1. The lowest BCUT2D eigenvalue weighted by Crippen LogP contribution is -2.04. The van der Waals surface area contributed by atoms with Gasteiger partial charge in [-0.25, -0.2) is 9.97 Å². The van der Waals surface area contributed by atoms with Crippen molar-refractivity contribution in [1.29, 1.82) is 0 Å². The Balaban J connectivity index is 1.77. The summed E-state index contributed by atoms with van der Waals surface area (Å²) < 4.78 is 0. The van der Waals surface area contributed by atoms with Crippen LogP contribution in [0.1, 0.15) is 5.56 Å². The van der Waals surface area contributed by atoms with Crippen LogP contribution >= 0.6 is 11.6 Å². The highest BCUT2D eigenvalue weighted by molar-refractivity contribution is 6.31. The van der Waals surface area contributed by atoms with Crippen LogP contribution in [0, 0.1) is 0 Å². The van der Waals surface area contributed by atoms with E-state index in [1.807, 2.05) is 66.7 Å². The minimum Gasteiger partial charge on any atom is -0.350 e. The molecule has 0 aliphatic heterocycles. The normalized spacial score (nSPS) is 10.8. The molecule has 0 aliphatic rings. The Labute approximate surface area is 151 Å². The summed E-state index contributed by atoms with van der Waals surface area (Å²) in [5.74, 6) is 0.609. The first-order valence-electron chi connectivity index (χ1n) is 8.10. The number of benzene rings is 3. The second-order valence-corrected chi connectivity index (χ2v) is 6.20. The second kappa shape index (κ2) is 6.91. The van der Waals surface area contributed by atoms with Gasteiger partial charge < -0.3 is 5.32 Å². The molecule has 4 heteroatoms. The second-order valence-electron chi connectivity index (χ2n) is 5.76. The third kappa shape index (κ3) is 3.47. The van der Waals surface area contributed by atoms with E-state index in [0.717, 1.165) is 22.2 Å². The van der Waals surface area contributed by atoms with Crippen molar-refractivity contribution in [2.24, 2.45) is 0 Å². The summed E-state index contributed by atoms with van der Waals surface area (Å²) in [5, 5.41) is 4.95. The zero-order valence-corrected chi connectivity index (χ0v) is 14.2. The van der Waals surface area contributed by atoms with Gasteiger partial charge in [0.1, 0.15) is 0 Å². The third-order valence-electron chi connectivity index (χ3n) is 4.00. The fraction of sp³-hybridized carbons (Fsp3) is 0.0476. The first-order chi connectivity index (χ1) is 12.3. The number of nitrogens with one attached hydrogen (secondary N) is 1. The molecule has 0 fully saturated rings. The standard InChI is InChI=1S/C21H16ClN3/c22-17-11-12-19-18(13-17)20(16-9-5-2-6-10-16)25-21(24-19)23-14-15-7-3-1-4-8-15/h1-13H,14H2,(H,23,24,25). The summed E-state index contributed by atoms with van der Waals surface area (Å²) >= 11 is 6.19. The third-order valence-corrected chi connectivity index (χ3v) is 4.23. The highest BCUT2D eigenvalue weighted by Gasteiger charge is 2.10. The maximum Gasteiger partial charge on any atom is 0.224 e. The van der Waals surface area contributed by atoms with Crippen LogP contribution in [0.3, 0.4) is 0 Å². The molecule has 1 heterocycles. The van der Waals surface area contributed by atoms with Gasteiger partial charge in [-0.1, -0.05) is 72.3 Å². The minimum absolute atomic E-state index is 0.609. The van der Waals surface area contributed by atoms with Gasteiger partial charge in [0, 0.05) is 22.5 Å². The SMILES string of the molecule is Clc1ccc2nc(NCc3ccccc3)nc(-c3ccccc3)c2c1. The van der Waals surface area contributed by atoms with Crippen molar-refractivity contribution in [3.8, 4) is 11.3 Å². The first kappa shape index (κ1) is 15.6. The molecule has 0 radical (unpaired) electrons. The van der Waals surface area contributed by atoms with Gasteiger partial charge in [-0.3, -0.25) is 0 Å². The van der Waals surface area contributed by atoms with E-state index < -0.39 is 0 Å². The quantitative estimate of drug-likeness (QED) is 0.526. The number of fused-ring (bicyclic) bond motifs is 1. The van der Waals surface area contributed by atoms with E-state index in [1.54, 1.807) is 0 Å². The summed E-state index contributed by atoms with van der Waals surface area (Å²) in [7, 11) is 0. The van der Waals surface area contributed by atoms with Gasteiger partial charge in [0.2, 0.25) is 5.95 Å². The molecule has 4 rings (SSSR count). The molecule has 0 atom stereocenters. The van der Waals surface area contributed by atoms with Crippen molar-refractivity contribution in [3.63, 3.8) is 0 Å². The molecule has 0 amide bonds. The van der Waals surface area contributed by atoms with E-state index in [2.05, 4.69) is 22.4 Å². The summed E-state index contributed by atoms with van der Waals surface area (Å²) in [6.07, 6.45) is 0. The van der Waals surface area contributed by atoms with Gasteiger partial charge in [-0.2, -0.15) is 0 Å². The molecule has 0 bridgehead atoms. The van der Waals surface area contributed by atoms with Crippen LogP contribution in [0.2, 0.25) is 5.02 Å². The molecule has 4 aromatic rings. The van der Waals surface area contributed by atoms with Crippen molar-refractivity contribution >= 4 is 28.5 Å². The minimum atomic E-state index is 0.609. The van der Waals surface area contributed by atoms with Crippen LogP contribution in [0.5, 0.6) is 0 Å². The zero-order valence-electron chi connectivity index (χ0n) is 13.5. The molecule has 0 saturated carbocycles. The highest BCUT2D eigenvalue weighted by atomic mass is 35.5. The highest BCUT2D eigenvalue weighted by Crippen LogP contribution is 2.29. The molecule has 3 nitrogen and oxygen atoms in total. The van der Waals surface area contributed by atoms with E-state index in [1.165, 1.54) is 5.56 Å². The van der Waals surface area contributed by atoms with Crippen molar-refractivity contribution in [1.82, 2.24) is 9.97 Å². The molecule has 3 aromatic carbocycles. The van der Waals surface area contributed by atoms with Crippen molar-refractivity contribution in [2.75, 3.05) is 5.32 Å². The average molecular weight is 346 g/mol. The van der Waals surface area contributed by atoms with Crippen LogP contribution in [0.4, 0.5) is 5.95 Å². The predicted octanol–water partition coefficient (Wildman–Crippen LogP) is 5.56. The summed E-state index contributed by atoms with van der Waals surface area (Å²) in [5.41, 5.74) is 3.97. The summed E-state index contributed by atoms with van der Waals surface area (Å²) in [4.78, 5) is 9.38. The Bertz CT molecular complexity index is 1000. The molecule has 1 aromatic heterocycles. The fourth-order valence-electron chi connectivity index (χ4n) is 2.77. The average Bonchev–Trinajstić information content (AvgIpc) is 2.67. The fourth-order valence-corrected chi connectivity index (χ4v) is 2.94. The molecule has 0 spiro atoms. The Morgan fingerprint density at radius 1 is 0.800 bits per heavy atom. The Morgan fingerprint density at radius 3 is 2.28 bits per heavy atom. The smallest absolute Gasteiger partial charge is 0.224 e. The first-order valence-corrected chi connectivity index (χ1v) is 8.48. The van der Waals surface area contributed by atoms with Crippen LogP contribution < -0.4 is 5.32 Å². The van der Waals surface area contributed by atoms with Gasteiger partial charge in [-0.05, 0) is 23.8 Å². The van der Waals surface area contributed by atoms with E-state index in [-0.39, 0.29) is 0 Å². The molecule has 122 valence electrons. The lowest BCUT2D eigenvalue weighted by atomic mass is 10.1. The summed E-state index contributed by atoms with van der Waals surface area (Å²) in [6, 6.07) is 26.0. The van der Waals surface area contributed by atoms with Gasteiger partial charge in [-0.15, -0.1) is 0 Å². The van der Waals surface area contributed by atoms with Gasteiger partial charge >= 0.3 is 0 Å². The topological polar surface area (TPSA) is 37.8 Å². The molecule has 1 N–H and O–H groups in total. The maximum atomic E-state index is 6.19. The van der Waals surface area contributed by atoms with Crippen LogP contribution in [0.15, 0.2) is 78.9 Å². The largest absolute Gasteiger partial charge is 0.350 e. The Kier molecular flexibility index (Phi) is 4.32. The molecule has 25 heavy (non-hydrogen) atoms. The van der Waals surface area contributed by atoms with E-state index in [0.29, 0.717) is 17.5 Å². The molecular formula is C21H16ClN3. The van der Waals surface area contributed by atoms with E-state index in [4.69, 9.17) is 16.6 Å². The van der Waals surface area contributed by atoms with Crippen molar-refractivity contribution < 1.29 is 0 Å². The molecule has 0 saturated heterocycles. The monoisotopic (exact) mass is 345 g/mol. The number of anilines is 1. The van der Waals surface area contributed by atoms with Gasteiger partial charge in [0.15, 0.2) is 0 Å². The van der Waals surface area contributed by atoms with Crippen molar-refractivity contribution in [3.05, 3.63) is 89.4 Å². The molecule has 0 unspecified atom stereocenters. The number of nitrogens with zero attached hydrogens (tertiary/aromatic N) is 2. The molecular weight excluding hydrogens is 330 g/mol. The van der Waals surface area contributed by atoms with Crippen LogP contribution in [-0.4, -0.2) is 9.97 Å². The summed E-state index contributed by atoms with van der Waals surface area (Å²) in [6.45, 7) is 0.675. The van der Waals surface area contributed by atoms with Gasteiger partial charge in [0.25, 0.3) is 0 Å². The number of hydrogen-bond acceptors (Lipinski definition) is 3. The predicted molar refractivity (Wildman–Crippen MR) is 104 cm³/mol. The Hall–Kier alpha value is -2.91. The van der Waals surface area contributed by atoms with Gasteiger partial charge in [0.05, 0.1) is 11.2 Å². The van der Waals surface area contributed by atoms with Crippen molar-refractivity contribution in [2.45, 2.75) is 6.54 Å².